The first-order valence-corrected chi connectivity index (χ1v) is 15.9. The van der Waals surface area contributed by atoms with Gasteiger partial charge in [-0.3, -0.25) is 13.9 Å². The van der Waals surface area contributed by atoms with E-state index in [-0.39, 0.29) is 23.5 Å². The molecule has 0 saturated carbocycles. The van der Waals surface area contributed by atoms with Crippen LogP contribution in [0, 0.1) is 5.82 Å². The predicted octanol–water partition coefficient (Wildman–Crippen LogP) is 5.58. The Morgan fingerprint density at radius 2 is 1.40 bits per heavy atom. The Balaban J connectivity index is 1.81. The zero-order chi connectivity index (χ0) is 32.6. The maximum absolute atomic E-state index is 14.4. The number of benzene rings is 4. The number of halogens is 1. The monoisotopic (exact) mass is 631 g/mol. The third-order valence-electron chi connectivity index (χ3n) is 7.01. The van der Waals surface area contributed by atoms with E-state index in [1.807, 2.05) is 51.1 Å². The predicted molar refractivity (Wildman–Crippen MR) is 173 cm³/mol. The highest BCUT2D eigenvalue weighted by molar-refractivity contribution is 7.92. The molecule has 1 atom stereocenters. The highest BCUT2D eigenvalue weighted by Gasteiger charge is 2.35. The van der Waals surface area contributed by atoms with Crippen LogP contribution in [0.2, 0.25) is 0 Å². The molecule has 10 heteroatoms. The van der Waals surface area contributed by atoms with E-state index in [1.165, 1.54) is 36.3 Å². The van der Waals surface area contributed by atoms with Gasteiger partial charge in [-0.25, -0.2) is 12.8 Å². The topological polar surface area (TPSA) is 96.0 Å². The summed E-state index contributed by atoms with van der Waals surface area (Å²) in [6.45, 7) is 4.87. The number of nitrogens with one attached hydrogen (secondary N) is 1. The number of carbonyl (C=O) groups excluding carboxylic acids is 2. The van der Waals surface area contributed by atoms with E-state index in [1.54, 1.807) is 54.6 Å². The second kappa shape index (κ2) is 14.4. The number of rotatable bonds is 12. The van der Waals surface area contributed by atoms with Gasteiger partial charge in [-0.2, -0.15) is 0 Å². The van der Waals surface area contributed by atoms with Gasteiger partial charge >= 0.3 is 0 Å². The summed E-state index contributed by atoms with van der Waals surface area (Å²) in [4.78, 5) is 29.7. The van der Waals surface area contributed by atoms with Crippen LogP contribution in [0.4, 0.5) is 10.1 Å². The molecule has 0 bridgehead atoms. The maximum atomic E-state index is 14.4. The molecular formula is C35H38FN3O5S. The fourth-order valence-corrected chi connectivity index (χ4v) is 6.23. The first-order chi connectivity index (χ1) is 21.4. The molecule has 2 amide bonds. The summed E-state index contributed by atoms with van der Waals surface area (Å²) in [6.07, 6.45) is 0.170. The van der Waals surface area contributed by atoms with E-state index < -0.39 is 45.8 Å². The van der Waals surface area contributed by atoms with Crippen LogP contribution in [0.1, 0.15) is 31.9 Å². The standard InChI is InChI=1S/C35H38FN3O5S/c1-35(2,3)37-34(41)32(23-26-11-7-5-8-12-26)38(24-27-15-17-28(36)18-16-27)33(40)25-39(29-19-21-30(44-4)22-20-29)45(42,43)31-13-9-6-10-14-31/h5-22,32H,23-25H2,1-4H3,(H,37,41). The van der Waals surface area contributed by atoms with Crippen LogP contribution in [-0.4, -0.2) is 50.4 Å². The molecule has 4 aromatic rings. The van der Waals surface area contributed by atoms with E-state index in [0.717, 1.165) is 9.87 Å². The Hall–Kier alpha value is -4.70. The maximum Gasteiger partial charge on any atom is 0.264 e. The summed E-state index contributed by atoms with van der Waals surface area (Å²) in [6, 6.07) is 28.1. The van der Waals surface area contributed by atoms with Gasteiger partial charge in [0.15, 0.2) is 0 Å². The molecule has 0 heterocycles. The van der Waals surface area contributed by atoms with Crippen molar-refractivity contribution >= 4 is 27.5 Å². The number of ether oxygens (including phenoxy) is 1. The summed E-state index contributed by atoms with van der Waals surface area (Å²) in [5.41, 5.74) is 1.02. The fourth-order valence-electron chi connectivity index (χ4n) is 4.79. The quantitative estimate of drug-likeness (QED) is 0.220. The van der Waals surface area contributed by atoms with E-state index in [4.69, 9.17) is 4.74 Å². The molecular weight excluding hydrogens is 593 g/mol. The number of methoxy groups -OCH3 is 1. The summed E-state index contributed by atoms with van der Waals surface area (Å²) in [5.74, 6) is -0.937. The van der Waals surface area contributed by atoms with Crippen LogP contribution >= 0.6 is 0 Å². The molecule has 8 nitrogen and oxygen atoms in total. The average Bonchev–Trinajstić information content (AvgIpc) is 3.02. The number of hydrogen-bond donors (Lipinski definition) is 1. The second-order valence-corrected chi connectivity index (χ2v) is 13.5. The SMILES string of the molecule is COc1ccc(N(CC(=O)N(Cc2ccc(F)cc2)C(Cc2ccccc2)C(=O)NC(C)(C)C)S(=O)(=O)c2ccccc2)cc1. The Labute approximate surface area is 264 Å². The lowest BCUT2D eigenvalue weighted by molar-refractivity contribution is -0.140. The van der Waals surface area contributed by atoms with E-state index in [9.17, 15) is 22.4 Å². The van der Waals surface area contributed by atoms with Gasteiger partial charge in [0.1, 0.15) is 24.2 Å². The molecule has 0 aliphatic rings. The second-order valence-electron chi connectivity index (χ2n) is 11.6. The van der Waals surface area contributed by atoms with Gasteiger partial charge in [-0.1, -0.05) is 60.7 Å². The molecule has 0 aliphatic carbocycles. The van der Waals surface area contributed by atoms with Crippen molar-refractivity contribution in [3.8, 4) is 5.75 Å². The summed E-state index contributed by atoms with van der Waals surface area (Å²) >= 11 is 0. The lowest BCUT2D eigenvalue weighted by Gasteiger charge is -2.35. The minimum atomic E-state index is -4.22. The zero-order valence-electron chi connectivity index (χ0n) is 25.8. The van der Waals surface area contributed by atoms with Crippen molar-refractivity contribution in [2.45, 2.75) is 50.2 Å². The number of sulfonamides is 1. The van der Waals surface area contributed by atoms with Gasteiger partial charge in [-0.05, 0) is 80.4 Å². The summed E-state index contributed by atoms with van der Waals surface area (Å²) in [7, 11) is -2.72. The van der Waals surface area contributed by atoms with Crippen molar-refractivity contribution < 1.29 is 27.1 Å². The van der Waals surface area contributed by atoms with Crippen LogP contribution in [0.5, 0.6) is 5.75 Å². The van der Waals surface area contributed by atoms with Crippen molar-refractivity contribution in [3.05, 3.63) is 126 Å². The number of nitrogens with zero attached hydrogens (tertiary/aromatic N) is 2. The highest BCUT2D eigenvalue weighted by Crippen LogP contribution is 2.27. The molecule has 0 radical (unpaired) electrons. The van der Waals surface area contributed by atoms with Gasteiger partial charge in [0.25, 0.3) is 10.0 Å². The van der Waals surface area contributed by atoms with Crippen LogP contribution in [0.25, 0.3) is 0 Å². The van der Waals surface area contributed by atoms with Crippen LogP contribution in [0.15, 0.2) is 114 Å². The van der Waals surface area contributed by atoms with Crippen LogP contribution in [0.3, 0.4) is 0 Å². The van der Waals surface area contributed by atoms with Gasteiger partial charge in [0.05, 0.1) is 17.7 Å². The molecule has 4 rings (SSSR count). The molecule has 0 aliphatic heterocycles. The van der Waals surface area contributed by atoms with Crippen molar-refractivity contribution in [2.24, 2.45) is 0 Å². The van der Waals surface area contributed by atoms with E-state index in [2.05, 4.69) is 5.32 Å². The number of amides is 2. The summed E-state index contributed by atoms with van der Waals surface area (Å²) < 4.78 is 48.2. The average molecular weight is 632 g/mol. The van der Waals surface area contributed by atoms with Gasteiger partial charge in [-0.15, -0.1) is 0 Å². The third-order valence-corrected chi connectivity index (χ3v) is 8.79. The molecule has 0 aromatic heterocycles. The van der Waals surface area contributed by atoms with Crippen LogP contribution in [-0.2, 0) is 32.6 Å². The molecule has 0 fully saturated rings. The smallest absolute Gasteiger partial charge is 0.264 e. The minimum absolute atomic E-state index is 0.00464. The van der Waals surface area contributed by atoms with Crippen molar-refractivity contribution in [2.75, 3.05) is 18.0 Å². The molecule has 4 aromatic carbocycles. The third kappa shape index (κ3) is 8.92. The minimum Gasteiger partial charge on any atom is -0.497 e. The zero-order valence-corrected chi connectivity index (χ0v) is 26.6. The largest absolute Gasteiger partial charge is 0.497 e. The first kappa shape index (κ1) is 33.2. The molecule has 1 N–H and O–H groups in total. The lowest BCUT2D eigenvalue weighted by Crippen LogP contribution is -2.56. The molecule has 45 heavy (non-hydrogen) atoms. The van der Waals surface area contributed by atoms with Crippen LogP contribution < -0.4 is 14.4 Å². The van der Waals surface area contributed by atoms with Gasteiger partial charge in [0, 0.05) is 18.5 Å². The van der Waals surface area contributed by atoms with Gasteiger partial charge < -0.3 is 15.0 Å². The molecule has 0 saturated heterocycles. The van der Waals surface area contributed by atoms with Gasteiger partial charge in [0.2, 0.25) is 11.8 Å². The highest BCUT2D eigenvalue weighted by atomic mass is 32.2. The van der Waals surface area contributed by atoms with E-state index in [0.29, 0.717) is 11.3 Å². The normalized spacial score (nSPS) is 12.2. The molecule has 236 valence electrons. The Morgan fingerprint density at radius 3 is 1.96 bits per heavy atom. The van der Waals surface area contributed by atoms with Crippen molar-refractivity contribution in [1.29, 1.82) is 0 Å². The van der Waals surface area contributed by atoms with E-state index >= 15 is 0 Å². The number of anilines is 1. The summed E-state index contributed by atoms with van der Waals surface area (Å²) in [5, 5.41) is 2.98. The molecule has 1 unspecified atom stereocenters. The Bertz CT molecular complexity index is 1680. The van der Waals surface area contributed by atoms with Crippen molar-refractivity contribution in [3.63, 3.8) is 0 Å². The number of hydrogen-bond acceptors (Lipinski definition) is 5. The molecule has 0 spiro atoms. The number of carbonyl (C=O) groups is 2. The first-order valence-electron chi connectivity index (χ1n) is 14.5. The Morgan fingerprint density at radius 1 is 0.822 bits per heavy atom. The van der Waals surface area contributed by atoms with Crippen molar-refractivity contribution in [1.82, 2.24) is 10.2 Å². The lowest BCUT2D eigenvalue weighted by atomic mass is 10.0. The fraction of sp³-hybridized carbons (Fsp3) is 0.257. The Kier molecular flexibility index (Phi) is 10.6.